The molecule has 98 valence electrons. The van der Waals surface area contributed by atoms with Gasteiger partial charge in [-0.15, -0.1) is 0 Å². The number of para-hydroxylation sites is 1. The van der Waals surface area contributed by atoms with Crippen molar-refractivity contribution in [1.29, 1.82) is 0 Å². The zero-order valence-electron chi connectivity index (χ0n) is 10.4. The van der Waals surface area contributed by atoms with Crippen LogP contribution in [0.3, 0.4) is 0 Å². The molecular weight excluding hydrogens is 308 g/mol. The van der Waals surface area contributed by atoms with Crippen molar-refractivity contribution < 1.29 is 14.3 Å². The Morgan fingerprint density at radius 1 is 0.947 bits per heavy atom. The molecule has 0 fully saturated rings. The number of hydrogen-bond donors (Lipinski definition) is 0. The highest BCUT2D eigenvalue weighted by atomic mass is 79.9. The van der Waals surface area contributed by atoms with E-state index in [9.17, 15) is 4.79 Å². The van der Waals surface area contributed by atoms with E-state index in [1.165, 1.54) is 0 Å². The molecule has 0 bridgehead atoms. The Morgan fingerprint density at radius 3 is 2.05 bits per heavy atom. The van der Waals surface area contributed by atoms with E-state index in [1.54, 1.807) is 31.2 Å². The average molecular weight is 321 g/mol. The van der Waals surface area contributed by atoms with Gasteiger partial charge in [0.2, 0.25) is 0 Å². The summed E-state index contributed by atoms with van der Waals surface area (Å²) in [4.78, 5) is 11.1. The largest absolute Gasteiger partial charge is 0.457 e. The molecule has 1 atom stereocenters. The molecule has 3 nitrogen and oxygen atoms in total. The molecule has 0 N–H and O–H groups in total. The van der Waals surface area contributed by atoms with Crippen LogP contribution in [0.1, 0.15) is 6.92 Å². The molecule has 0 saturated heterocycles. The summed E-state index contributed by atoms with van der Waals surface area (Å²) in [6.07, 6.45) is 0. The minimum atomic E-state index is -0.326. The molecule has 2 aromatic carbocycles. The van der Waals surface area contributed by atoms with Crippen molar-refractivity contribution in [3.8, 4) is 17.2 Å². The third kappa shape index (κ3) is 4.10. The molecule has 0 radical (unpaired) electrons. The van der Waals surface area contributed by atoms with Crippen molar-refractivity contribution in [3.05, 3.63) is 54.6 Å². The van der Waals surface area contributed by atoms with Gasteiger partial charge in [-0.3, -0.25) is 4.79 Å². The molecule has 0 saturated carbocycles. The molecule has 0 aliphatic rings. The first-order chi connectivity index (χ1) is 9.15. The van der Waals surface area contributed by atoms with Crippen LogP contribution in [0.25, 0.3) is 0 Å². The molecule has 0 aliphatic carbocycles. The molecule has 0 heterocycles. The summed E-state index contributed by atoms with van der Waals surface area (Å²) < 4.78 is 10.8. The molecule has 1 unspecified atom stereocenters. The molecule has 2 rings (SSSR count). The molecule has 4 heteroatoms. The Balaban J connectivity index is 2.01. The lowest BCUT2D eigenvalue weighted by Crippen LogP contribution is -2.16. The van der Waals surface area contributed by atoms with E-state index in [1.807, 2.05) is 30.3 Å². The number of carbonyl (C=O) groups excluding carboxylic acids is 1. The number of hydrogen-bond acceptors (Lipinski definition) is 3. The van der Waals surface area contributed by atoms with Gasteiger partial charge in [0.15, 0.2) is 0 Å². The highest BCUT2D eigenvalue weighted by Crippen LogP contribution is 2.23. The number of esters is 1. The lowest BCUT2D eigenvalue weighted by atomic mass is 10.3. The lowest BCUT2D eigenvalue weighted by molar-refractivity contribution is -0.133. The first-order valence-corrected chi connectivity index (χ1v) is 6.75. The van der Waals surface area contributed by atoms with E-state index < -0.39 is 0 Å². The number of benzene rings is 2. The van der Waals surface area contributed by atoms with Crippen LogP contribution >= 0.6 is 15.9 Å². The number of carbonyl (C=O) groups is 1. The van der Waals surface area contributed by atoms with Crippen molar-refractivity contribution >= 4 is 21.9 Å². The van der Waals surface area contributed by atoms with Gasteiger partial charge in [0.25, 0.3) is 0 Å². The summed E-state index contributed by atoms with van der Waals surface area (Å²) >= 11 is 3.16. The maximum Gasteiger partial charge on any atom is 0.324 e. The highest BCUT2D eigenvalue weighted by molar-refractivity contribution is 9.10. The molecule has 0 aromatic heterocycles. The standard InChI is InChI=1S/C15H13BrO3/c1-11(16)15(17)19-14-9-7-13(8-10-14)18-12-5-3-2-4-6-12/h2-11H,1H3. The number of rotatable bonds is 4. The Bertz CT molecular complexity index is 535. The fraction of sp³-hybridized carbons (Fsp3) is 0.133. The van der Waals surface area contributed by atoms with Crippen LogP contribution in [-0.4, -0.2) is 10.8 Å². The first kappa shape index (κ1) is 13.6. The second-order valence-corrected chi connectivity index (χ2v) is 5.30. The predicted molar refractivity (Wildman–Crippen MR) is 77.0 cm³/mol. The summed E-state index contributed by atoms with van der Waals surface area (Å²) in [5.41, 5.74) is 0. The maximum absolute atomic E-state index is 11.4. The normalized spacial score (nSPS) is 11.7. The van der Waals surface area contributed by atoms with E-state index in [4.69, 9.17) is 9.47 Å². The van der Waals surface area contributed by atoms with E-state index in [0.717, 1.165) is 5.75 Å². The Hall–Kier alpha value is -1.81. The second kappa shape index (κ2) is 6.38. The van der Waals surface area contributed by atoms with Crippen LogP contribution in [0.15, 0.2) is 54.6 Å². The highest BCUT2D eigenvalue weighted by Gasteiger charge is 2.11. The van der Waals surface area contributed by atoms with Gasteiger partial charge in [-0.2, -0.15) is 0 Å². The minimum Gasteiger partial charge on any atom is -0.457 e. The Kier molecular flexibility index (Phi) is 4.58. The number of alkyl halides is 1. The van der Waals surface area contributed by atoms with Gasteiger partial charge in [-0.05, 0) is 43.3 Å². The average Bonchev–Trinajstić information content (AvgIpc) is 2.42. The smallest absolute Gasteiger partial charge is 0.324 e. The van der Waals surface area contributed by atoms with Gasteiger partial charge in [-0.1, -0.05) is 34.1 Å². The summed E-state index contributed by atoms with van der Waals surface area (Å²) in [6, 6.07) is 16.4. The zero-order valence-corrected chi connectivity index (χ0v) is 12.0. The SMILES string of the molecule is CC(Br)C(=O)Oc1ccc(Oc2ccccc2)cc1. The minimum absolute atomic E-state index is 0.322. The predicted octanol–water partition coefficient (Wildman–Crippen LogP) is 4.17. The lowest BCUT2D eigenvalue weighted by Gasteiger charge is -2.08. The van der Waals surface area contributed by atoms with Crippen molar-refractivity contribution in [3.63, 3.8) is 0 Å². The van der Waals surface area contributed by atoms with Gasteiger partial charge in [0.05, 0.1) is 0 Å². The Morgan fingerprint density at radius 2 is 1.47 bits per heavy atom. The van der Waals surface area contributed by atoms with Crippen LogP contribution in [0.5, 0.6) is 17.2 Å². The van der Waals surface area contributed by atoms with Crippen LogP contribution in [-0.2, 0) is 4.79 Å². The molecule has 19 heavy (non-hydrogen) atoms. The topological polar surface area (TPSA) is 35.5 Å². The summed E-state index contributed by atoms with van der Waals surface area (Å²) in [5.74, 6) is 1.63. The monoisotopic (exact) mass is 320 g/mol. The molecule has 0 spiro atoms. The van der Waals surface area contributed by atoms with Crippen molar-refractivity contribution in [2.75, 3.05) is 0 Å². The molecule has 2 aromatic rings. The van der Waals surface area contributed by atoms with Crippen LogP contribution < -0.4 is 9.47 Å². The van der Waals surface area contributed by atoms with Gasteiger partial charge < -0.3 is 9.47 Å². The van der Waals surface area contributed by atoms with Crippen LogP contribution in [0.2, 0.25) is 0 Å². The quantitative estimate of drug-likeness (QED) is 0.482. The maximum atomic E-state index is 11.4. The van der Waals surface area contributed by atoms with Crippen molar-refractivity contribution in [2.45, 2.75) is 11.8 Å². The number of halogens is 1. The molecular formula is C15H13BrO3. The number of ether oxygens (including phenoxy) is 2. The van der Waals surface area contributed by atoms with E-state index in [0.29, 0.717) is 11.5 Å². The summed E-state index contributed by atoms with van der Waals surface area (Å²) in [5, 5.41) is 0. The van der Waals surface area contributed by atoms with Gasteiger partial charge in [-0.25, -0.2) is 0 Å². The van der Waals surface area contributed by atoms with E-state index in [2.05, 4.69) is 15.9 Å². The fourth-order valence-corrected chi connectivity index (χ4v) is 1.49. The van der Waals surface area contributed by atoms with E-state index >= 15 is 0 Å². The summed E-state index contributed by atoms with van der Waals surface area (Å²) in [7, 11) is 0. The van der Waals surface area contributed by atoms with Crippen LogP contribution in [0, 0.1) is 0 Å². The van der Waals surface area contributed by atoms with Crippen LogP contribution in [0.4, 0.5) is 0 Å². The third-order valence-electron chi connectivity index (χ3n) is 2.35. The second-order valence-electron chi connectivity index (χ2n) is 3.92. The van der Waals surface area contributed by atoms with Crippen molar-refractivity contribution in [2.24, 2.45) is 0 Å². The van der Waals surface area contributed by atoms with Crippen molar-refractivity contribution in [1.82, 2.24) is 0 Å². The fourth-order valence-electron chi connectivity index (χ4n) is 1.40. The molecule has 0 aliphatic heterocycles. The third-order valence-corrected chi connectivity index (χ3v) is 2.72. The zero-order chi connectivity index (χ0) is 13.7. The first-order valence-electron chi connectivity index (χ1n) is 5.84. The summed E-state index contributed by atoms with van der Waals surface area (Å²) in [6.45, 7) is 1.72. The van der Waals surface area contributed by atoms with E-state index in [-0.39, 0.29) is 10.8 Å². The van der Waals surface area contributed by atoms with Gasteiger partial charge >= 0.3 is 5.97 Å². The molecule has 0 amide bonds. The Labute approximate surface area is 120 Å². The van der Waals surface area contributed by atoms with Gasteiger partial charge in [0, 0.05) is 0 Å². The van der Waals surface area contributed by atoms with Gasteiger partial charge in [0.1, 0.15) is 22.1 Å².